The van der Waals surface area contributed by atoms with Crippen molar-refractivity contribution in [3.05, 3.63) is 51.4 Å². The standard InChI is InChI=1S/C13H11BrN5O/c1-8-6-9(2-4-11(8)14)12-5-3-10(20-12)7-15-13-16-18-19-17-13/h2-6H,7H2,1H3,(H-,15,16,17,18,19)/q-1. The van der Waals surface area contributed by atoms with Gasteiger partial charge in [-0.1, -0.05) is 22.0 Å². The summed E-state index contributed by atoms with van der Waals surface area (Å²) >= 11 is 3.49. The van der Waals surface area contributed by atoms with Crippen LogP contribution in [0.15, 0.2) is 39.2 Å². The van der Waals surface area contributed by atoms with E-state index in [0.29, 0.717) is 12.5 Å². The number of tetrazole rings is 1. The first-order valence-corrected chi connectivity index (χ1v) is 6.78. The first-order chi connectivity index (χ1) is 9.72. The third-order valence-electron chi connectivity index (χ3n) is 2.81. The Kier molecular flexibility index (Phi) is 3.51. The molecule has 2 aromatic heterocycles. The van der Waals surface area contributed by atoms with Crippen LogP contribution in [0.3, 0.4) is 0 Å². The number of aromatic nitrogens is 4. The summed E-state index contributed by atoms with van der Waals surface area (Å²) in [5.74, 6) is 1.90. The van der Waals surface area contributed by atoms with Crippen molar-refractivity contribution in [2.45, 2.75) is 13.5 Å². The molecule has 0 aliphatic heterocycles. The number of nitrogens with zero attached hydrogens (tertiary/aromatic N) is 4. The molecule has 0 spiro atoms. The molecule has 1 aromatic carbocycles. The quantitative estimate of drug-likeness (QED) is 0.788. The molecule has 3 rings (SSSR count). The number of aryl methyl sites for hydroxylation is 1. The predicted octanol–water partition coefficient (Wildman–Crippen LogP) is 3.74. The Hall–Kier alpha value is -2.15. The first kappa shape index (κ1) is 12.9. The lowest BCUT2D eigenvalue weighted by atomic mass is 10.1. The summed E-state index contributed by atoms with van der Waals surface area (Å²) in [5.41, 5.74) is 2.20. The second kappa shape index (κ2) is 5.46. The molecule has 0 amide bonds. The van der Waals surface area contributed by atoms with Crippen molar-refractivity contribution in [3.63, 3.8) is 0 Å². The molecule has 0 radical (unpaired) electrons. The van der Waals surface area contributed by atoms with Crippen molar-refractivity contribution in [3.8, 4) is 11.3 Å². The molecule has 6 nitrogen and oxygen atoms in total. The normalized spacial score (nSPS) is 10.7. The fourth-order valence-electron chi connectivity index (χ4n) is 1.79. The van der Waals surface area contributed by atoms with E-state index in [2.05, 4.69) is 47.9 Å². The second-order valence-corrected chi connectivity index (χ2v) is 5.11. The lowest BCUT2D eigenvalue weighted by Gasteiger charge is -2.04. The molecule has 2 heterocycles. The van der Waals surface area contributed by atoms with E-state index in [9.17, 15) is 0 Å². The average molecular weight is 333 g/mol. The van der Waals surface area contributed by atoms with E-state index < -0.39 is 0 Å². The number of aromatic amines is 1. The van der Waals surface area contributed by atoms with E-state index in [1.54, 1.807) is 0 Å². The van der Waals surface area contributed by atoms with Crippen LogP contribution in [0.2, 0.25) is 0 Å². The zero-order valence-corrected chi connectivity index (χ0v) is 12.3. The molecule has 20 heavy (non-hydrogen) atoms. The predicted molar refractivity (Wildman–Crippen MR) is 77.5 cm³/mol. The Balaban J connectivity index is 1.74. The summed E-state index contributed by atoms with van der Waals surface area (Å²) in [5, 5.41) is 17.5. The van der Waals surface area contributed by atoms with Crippen molar-refractivity contribution in [1.29, 1.82) is 0 Å². The summed E-state index contributed by atoms with van der Waals surface area (Å²) < 4.78 is 6.85. The van der Waals surface area contributed by atoms with E-state index in [1.165, 1.54) is 0 Å². The van der Waals surface area contributed by atoms with Gasteiger partial charge >= 0.3 is 0 Å². The third kappa shape index (κ3) is 2.72. The van der Waals surface area contributed by atoms with Crippen LogP contribution >= 0.6 is 15.9 Å². The van der Waals surface area contributed by atoms with Gasteiger partial charge in [-0.05, 0) is 36.8 Å². The zero-order chi connectivity index (χ0) is 13.9. The van der Waals surface area contributed by atoms with Gasteiger partial charge in [0.05, 0.1) is 5.95 Å². The van der Waals surface area contributed by atoms with Crippen molar-refractivity contribution < 1.29 is 4.42 Å². The maximum Gasteiger partial charge on any atom is 0.134 e. The molecular formula is C13H11BrN5O-. The van der Waals surface area contributed by atoms with Gasteiger partial charge in [0.2, 0.25) is 0 Å². The second-order valence-electron chi connectivity index (χ2n) is 4.26. The van der Waals surface area contributed by atoms with Gasteiger partial charge in [-0.15, -0.1) is 5.21 Å². The highest BCUT2D eigenvalue weighted by Gasteiger charge is 2.05. The van der Waals surface area contributed by atoms with E-state index in [1.807, 2.05) is 31.2 Å². The van der Waals surface area contributed by atoms with Crippen LogP contribution in [0.25, 0.3) is 16.6 Å². The van der Waals surface area contributed by atoms with Crippen molar-refractivity contribution in [2.75, 3.05) is 0 Å². The highest BCUT2D eigenvalue weighted by atomic mass is 79.9. The Bertz CT molecular complexity index is 707. The number of hydrogen-bond acceptors (Lipinski definition) is 4. The lowest BCUT2D eigenvalue weighted by Crippen LogP contribution is -1.80. The maximum absolute atomic E-state index is 5.77. The molecule has 0 atom stereocenters. The fourth-order valence-corrected chi connectivity index (χ4v) is 2.03. The molecule has 0 bridgehead atoms. The number of furan rings is 1. The van der Waals surface area contributed by atoms with E-state index >= 15 is 0 Å². The Labute approximate surface area is 123 Å². The highest BCUT2D eigenvalue weighted by molar-refractivity contribution is 9.10. The molecule has 0 aliphatic carbocycles. The Morgan fingerprint density at radius 2 is 2.20 bits per heavy atom. The van der Waals surface area contributed by atoms with Crippen LogP contribution in [-0.4, -0.2) is 20.6 Å². The van der Waals surface area contributed by atoms with Crippen molar-refractivity contribution in [2.24, 2.45) is 0 Å². The van der Waals surface area contributed by atoms with Gasteiger partial charge in [0, 0.05) is 16.6 Å². The molecule has 1 N–H and O–H groups in total. The number of benzene rings is 1. The molecule has 3 aromatic rings. The van der Waals surface area contributed by atoms with Crippen molar-refractivity contribution >= 4 is 21.9 Å². The molecule has 0 unspecified atom stereocenters. The van der Waals surface area contributed by atoms with Gasteiger partial charge in [0.15, 0.2) is 0 Å². The molecule has 0 saturated carbocycles. The molecular weight excluding hydrogens is 322 g/mol. The van der Waals surface area contributed by atoms with Crippen LogP contribution in [0.5, 0.6) is 0 Å². The minimum atomic E-state index is 0.322. The van der Waals surface area contributed by atoms with Crippen LogP contribution < -0.4 is 0 Å². The molecule has 7 heteroatoms. The molecule has 102 valence electrons. The minimum absolute atomic E-state index is 0.322. The summed E-state index contributed by atoms with van der Waals surface area (Å²) in [6.45, 7) is 2.43. The van der Waals surface area contributed by atoms with Crippen LogP contribution in [-0.2, 0) is 6.54 Å². The van der Waals surface area contributed by atoms with E-state index in [-0.39, 0.29) is 0 Å². The Morgan fingerprint density at radius 3 is 2.95 bits per heavy atom. The van der Waals surface area contributed by atoms with Crippen molar-refractivity contribution in [1.82, 2.24) is 20.6 Å². The first-order valence-electron chi connectivity index (χ1n) is 5.98. The minimum Gasteiger partial charge on any atom is -0.461 e. The summed E-state index contributed by atoms with van der Waals surface area (Å²) in [6.07, 6.45) is 0. The van der Waals surface area contributed by atoms with Gasteiger partial charge in [-0.3, -0.25) is 15.4 Å². The fraction of sp³-hybridized carbons (Fsp3) is 0.154. The van der Waals surface area contributed by atoms with Gasteiger partial charge in [-0.2, -0.15) is 0 Å². The SMILES string of the molecule is Cc1cc(-c2ccc(C[N-]c3nn[nH]n3)o2)ccc1Br. The largest absolute Gasteiger partial charge is 0.461 e. The summed E-state index contributed by atoms with van der Waals surface area (Å²) in [4.78, 5) is 0. The molecule has 0 saturated heterocycles. The van der Waals surface area contributed by atoms with Crippen LogP contribution in [0.1, 0.15) is 11.3 Å². The smallest absolute Gasteiger partial charge is 0.134 e. The molecule has 0 aliphatic rings. The average Bonchev–Trinajstić information content (AvgIpc) is 3.10. The molecule has 0 fully saturated rings. The third-order valence-corrected chi connectivity index (χ3v) is 3.70. The zero-order valence-electron chi connectivity index (χ0n) is 10.7. The maximum atomic E-state index is 5.77. The number of H-pyrrole nitrogens is 1. The monoisotopic (exact) mass is 332 g/mol. The van der Waals surface area contributed by atoms with Crippen LogP contribution in [0, 0.1) is 6.92 Å². The number of rotatable bonds is 4. The number of nitrogens with one attached hydrogen (secondary N) is 1. The number of hydrogen-bond donors (Lipinski definition) is 1. The van der Waals surface area contributed by atoms with E-state index in [4.69, 9.17) is 4.42 Å². The number of halogens is 1. The van der Waals surface area contributed by atoms with Gasteiger partial charge in [-0.25, -0.2) is 0 Å². The van der Waals surface area contributed by atoms with Gasteiger partial charge < -0.3 is 9.73 Å². The van der Waals surface area contributed by atoms with Crippen LogP contribution in [0.4, 0.5) is 5.95 Å². The van der Waals surface area contributed by atoms with Gasteiger partial charge in [0.1, 0.15) is 11.5 Å². The van der Waals surface area contributed by atoms with Gasteiger partial charge in [0.25, 0.3) is 0 Å². The highest BCUT2D eigenvalue weighted by Crippen LogP contribution is 2.27. The topological polar surface area (TPSA) is 81.7 Å². The van der Waals surface area contributed by atoms with E-state index in [0.717, 1.165) is 27.1 Å². The Morgan fingerprint density at radius 1 is 1.30 bits per heavy atom. The lowest BCUT2D eigenvalue weighted by molar-refractivity contribution is 0.534. The summed E-state index contributed by atoms with van der Waals surface area (Å²) in [6, 6.07) is 9.93. The summed E-state index contributed by atoms with van der Waals surface area (Å²) in [7, 11) is 0.